The van der Waals surface area contributed by atoms with E-state index in [-0.39, 0.29) is 11.9 Å². The SMILES string of the molecule is CC1CN(C(=O)c2cnccn2)C(C)CN1. The maximum Gasteiger partial charge on any atom is 0.274 e. The highest BCUT2D eigenvalue weighted by Gasteiger charge is 2.27. The molecule has 1 aromatic rings. The van der Waals surface area contributed by atoms with Crippen molar-refractivity contribution in [2.24, 2.45) is 0 Å². The van der Waals surface area contributed by atoms with Crippen LogP contribution in [0.3, 0.4) is 0 Å². The number of amides is 1. The third kappa shape index (κ3) is 2.19. The molecule has 2 atom stereocenters. The first-order valence-electron chi connectivity index (χ1n) is 5.49. The molecule has 5 nitrogen and oxygen atoms in total. The quantitative estimate of drug-likeness (QED) is 0.739. The lowest BCUT2D eigenvalue weighted by atomic mass is 10.1. The molecule has 0 aliphatic carbocycles. The molecule has 1 aromatic heterocycles. The van der Waals surface area contributed by atoms with Gasteiger partial charge in [-0.05, 0) is 13.8 Å². The number of piperazine rings is 1. The Labute approximate surface area is 94.9 Å². The first-order chi connectivity index (χ1) is 7.68. The summed E-state index contributed by atoms with van der Waals surface area (Å²) in [6, 6.07) is 0.530. The van der Waals surface area contributed by atoms with Gasteiger partial charge in [0.05, 0.1) is 6.20 Å². The molecule has 0 radical (unpaired) electrons. The van der Waals surface area contributed by atoms with E-state index in [1.54, 1.807) is 12.4 Å². The molecule has 0 saturated carbocycles. The molecule has 1 amide bonds. The topological polar surface area (TPSA) is 58.1 Å². The fourth-order valence-electron chi connectivity index (χ4n) is 1.86. The molecule has 1 N–H and O–H groups in total. The van der Waals surface area contributed by atoms with E-state index in [4.69, 9.17) is 0 Å². The molecular weight excluding hydrogens is 204 g/mol. The molecule has 0 bridgehead atoms. The zero-order chi connectivity index (χ0) is 11.5. The Hall–Kier alpha value is -1.49. The van der Waals surface area contributed by atoms with E-state index in [1.807, 2.05) is 11.8 Å². The van der Waals surface area contributed by atoms with Crippen LogP contribution in [0, 0.1) is 0 Å². The first-order valence-corrected chi connectivity index (χ1v) is 5.49. The van der Waals surface area contributed by atoms with Gasteiger partial charge in [-0.15, -0.1) is 0 Å². The highest BCUT2D eigenvalue weighted by atomic mass is 16.2. The van der Waals surface area contributed by atoms with E-state index in [0.717, 1.165) is 13.1 Å². The Morgan fingerprint density at radius 3 is 3.00 bits per heavy atom. The van der Waals surface area contributed by atoms with Crippen LogP contribution in [-0.4, -0.2) is 45.9 Å². The molecule has 86 valence electrons. The minimum Gasteiger partial charge on any atom is -0.332 e. The second-order valence-electron chi connectivity index (χ2n) is 4.21. The Morgan fingerprint density at radius 2 is 2.31 bits per heavy atom. The van der Waals surface area contributed by atoms with Crippen LogP contribution in [0.4, 0.5) is 0 Å². The van der Waals surface area contributed by atoms with Crippen molar-refractivity contribution in [1.29, 1.82) is 0 Å². The average molecular weight is 220 g/mol. The smallest absolute Gasteiger partial charge is 0.274 e. The summed E-state index contributed by atoms with van der Waals surface area (Å²) in [5.74, 6) is -0.0334. The van der Waals surface area contributed by atoms with Gasteiger partial charge in [0.25, 0.3) is 5.91 Å². The lowest BCUT2D eigenvalue weighted by Crippen LogP contribution is -2.56. The molecule has 5 heteroatoms. The normalized spacial score (nSPS) is 25.5. The van der Waals surface area contributed by atoms with Crippen molar-refractivity contribution >= 4 is 5.91 Å². The number of nitrogens with zero attached hydrogens (tertiary/aromatic N) is 3. The van der Waals surface area contributed by atoms with Gasteiger partial charge in [0, 0.05) is 37.6 Å². The molecule has 0 spiro atoms. The van der Waals surface area contributed by atoms with Crippen molar-refractivity contribution in [3.63, 3.8) is 0 Å². The summed E-state index contributed by atoms with van der Waals surface area (Å²) < 4.78 is 0. The molecule has 1 saturated heterocycles. The minimum atomic E-state index is -0.0334. The Bertz CT molecular complexity index is 368. The summed E-state index contributed by atoms with van der Waals surface area (Å²) in [4.78, 5) is 22.0. The summed E-state index contributed by atoms with van der Waals surface area (Å²) in [5, 5.41) is 3.34. The molecule has 1 aliphatic heterocycles. The van der Waals surface area contributed by atoms with Crippen LogP contribution < -0.4 is 5.32 Å². The van der Waals surface area contributed by atoms with Crippen LogP contribution in [0.5, 0.6) is 0 Å². The van der Waals surface area contributed by atoms with Gasteiger partial charge in [0.15, 0.2) is 0 Å². The number of aromatic nitrogens is 2. The van der Waals surface area contributed by atoms with Gasteiger partial charge >= 0.3 is 0 Å². The molecular formula is C11H16N4O. The van der Waals surface area contributed by atoms with Crippen LogP contribution in [0.1, 0.15) is 24.3 Å². The summed E-state index contributed by atoms with van der Waals surface area (Å²) in [6.07, 6.45) is 4.63. The minimum absolute atomic E-state index is 0.0334. The van der Waals surface area contributed by atoms with E-state index in [2.05, 4.69) is 22.2 Å². The third-order valence-electron chi connectivity index (χ3n) is 2.81. The van der Waals surface area contributed by atoms with Crippen molar-refractivity contribution in [1.82, 2.24) is 20.2 Å². The molecule has 2 unspecified atom stereocenters. The van der Waals surface area contributed by atoms with Gasteiger partial charge in [-0.3, -0.25) is 9.78 Å². The van der Waals surface area contributed by atoms with Gasteiger partial charge in [0.2, 0.25) is 0 Å². The maximum absolute atomic E-state index is 12.2. The van der Waals surface area contributed by atoms with E-state index >= 15 is 0 Å². The molecule has 0 aromatic carbocycles. The van der Waals surface area contributed by atoms with E-state index < -0.39 is 0 Å². The highest BCUT2D eigenvalue weighted by Crippen LogP contribution is 2.10. The van der Waals surface area contributed by atoms with Crippen LogP contribution in [0.2, 0.25) is 0 Å². The van der Waals surface area contributed by atoms with Crippen molar-refractivity contribution in [3.8, 4) is 0 Å². The fraction of sp³-hybridized carbons (Fsp3) is 0.545. The van der Waals surface area contributed by atoms with Crippen molar-refractivity contribution in [3.05, 3.63) is 24.3 Å². The largest absolute Gasteiger partial charge is 0.332 e. The number of hydrogen-bond acceptors (Lipinski definition) is 4. The average Bonchev–Trinajstić information content (AvgIpc) is 2.32. The van der Waals surface area contributed by atoms with Gasteiger partial charge in [-0.25, -0.2) is 4.98 Å². The molecule has 2 heterocycles. The summed E-state index contributed by atoms with van der Waals surface area (Å²) in [5.41, 5.74) is 0.420. The molecule has 16 heavy (non-hydrogen) atoms. The summed E-state index contributed by atoms with van der Waals surface area (Å²) >= 11 is 0. The molecule has 2 rings (SSSR count). The third-order valence-corrected chi connectivity index (χ3v) is 2.81. The van der Waals surface area contributed by atoms with Crippen LogP contribution in [0.15, 0.2) is 18.6 Å². The number of nitrogens with one attached hydrogen (secondary N) is 1. The fourth-order valence-corrected chi connectivity index (χ4v) is 1.86. The number of rotatable bonds is 1. The second-order valence-corrected chi connectivity index (χ2v) is 4.21. The van der Waals surface area contributed by atoms with E-state index in [9.17, 15) is 4.79 Å². The Balaban J connectivity index is 2.15. The van der Waals surface area contributed by atoms with Gasteiger partial charge in [-0.1, -0.05) is 0 Å². The zero-order valence-electron chi connectivity index (χ0n) is 9.55. The number of hydrogen-bond donors (Lipinski definition) is 1. The van der Waals surface area contributed by atoms with Gasteiger partial charge in [0.1, 0.15) is 5.69 Å². The summed E-state index contributed by atoms with van der Waals surface area (Å²) in [7, 11) is 0. The van der Waals surface area contributed by atoms with Crippen LogP contribution >= 0.6 is 0 Å². The molecule has 1 aliphatic rings. The van der Waals surface area contributed by atoms with E-state index in [1.165, 1.54) is 6.20 Å². The second kappa shape index (κ2) is 4.57. The lowest BCUT2D eigenvalue weighted by molar-refractivity contribution is 0.0610. The Morgan fingerprint density at radius 1 is 1.50 bits per heavy atom. The number of carbonyl (C=O) groups is 1. The molecule has 1 fully saturated rings. The zero-order valence-corrected chi connectivity index (χ0v) is 9.55. The van der Waals surface area contributed by atoms with Crippen LogP contribution in [0.25, 0.3) is 0 Å². The lowest BCUT2D eigenvalue weighted by Gasteiger charge is -2.37. The van der Waals surface area contributed by atoms with Crippen molar-refractivity contribution < 1.29 is 4.79 Å². The monoisotopic (exact) mass is 220 g/mol. The van der Waals surface area contributed by atoms with Crippen LogP contribution in [-0.2, 0) is 0 Å². The Kier molecular flexibility index (Phi) is 3.14. The standard InChI is InChI=1S/C11H16N4O/c1-8-7-15(9(2)5-14-8)11(16)10-6-12-3-4-13-10/h3-4,6,8-9,14H,5,7H2,1-2H3. The predicted octanol–water partition coefficient (Wildman–Crippen LogP) is 0.299. The predicted molar refractivity (Wildman–Crippen MR) is 60.0 cm³/mol. The van der Waals surface area contributed by atoms with Gasteiger partial charge in [-0.2, -0.15) is 0 Å². The first kappa shape index (κ1) is 11.0. The number of carbonyl (C=O) groups excluding carboxylic acids is 1. The highest BCUT2D eigenvalue weighted by molar-refractivity contribution is 5.92. The van der Waals surface area contributed by atoms with Gasteiger partial charge < -0.3 is 10.2 Å². The maximum atomic E-state index is 12.2. The summed E-state index contributed by atoms with van der Waals surface area (Å²) in [6.45, 7) is 5.65. The van der Waals surface area contributed by atoms with Crippen molar-refractivity contribution in [2.45, 2.75) is 25.9 Å². The van der Waals surface area contributed by atoms with Crippen molar-refractivity contribution in [2.75, 3.05) is 13.1 Å². The van der Waals surface area contributed by atoms with E-state index in [0.29, 0.717) is 11.7 Å².